The quantitative estimate of drug-likeness (QED) is 0.309. The van der Waals surface area contributed by atoms with E-state index in [0.29, 0.717) is 23.2 Å². The molecule has 1 heterocycles. The molecule has 0 unspecified atom stereocenters. The molecule has 0 radical (unpaired) electrons. The van der Waals surface area contributed by atoms with Crippen LogP contribution >= 0.6 is 0 Å². The molecule has 10 heteroatoms. The first-order valence-corrected chi connectivity index (χ1v) is 15.7. The Bertz CT molecular complexity index is 1390. The van der Waals surface area contributed by atoms with E-state index in [1.54, 1.807) is 16.9 Å². The van der Waals surface area contributed by atoms with E-state index < -0.39 is 12.1 Å². The van der Waals surface area contributed by atoms with E-state index in [4.69, 9.17) is 0 Å². The van der Waals surface area contributed by atoms with Crippen LogP contribution < -0.4 is 21.3 Å². The molecule has 4 N–H and O–H groups in total. The van der Waals surface area contributed by atoms with Crippen LogP contribution in [0, 0.1) is 23.7 Å². The van der Waals surface area contributed by atoms with Crippen LogP contribution in [0.2, 0.25) is 0 Å². The molecule has 42 heavy (non-hydrogen) atoms. The van der Waals surface area contributed by atoms with Gasteiger partial charge in [0.15, 0.2) is 0 Å². The van der Waals surface area contributed by atoms with Gasteiger partial charge >= 0.3 is 0 Å². The highest BCUT2D eigenvalue weighted by atomic mass is 16.2. The summed E-state index contributed by atoms with van der Waals surface area (Å²) in [7, 11) is 0. The Morgan fingerprint density at radius 2 is 1.57 bits per heavy atom. The molecule has 2 aromatic rings. The van der Waals surface area contributed by atoms with Crippen LogP contribution in [-0.4, -0.2) is 45.5 Å². The fourth-order valence-electron chi connectivity index (χ4n) is 6.92. The van der Waals surface area contributed by atoms with E-state index in [0.717, 1.165) is 75.3 Å². The molecular formula is C32H40N6O4. The number of nitrogens with one attached hydrogen (secondary N) is 4. The van der Waals surface area contributed by atoms with E-state index in [9.17, 15) is 19.2 Å². The molecule has 4 saturated carbocycles. The highest BCUT2D eigenvalue weighted by Gasteiger charge is 2.48. The lowest BCUT2D eigenvalue weighted by Gasteiger charge is -2.27. The SMILES string of the molecule is CC(=O)N[C@@H](C(=O)N[C@@H]1CCc2cc(NC(=O)[C@@H](NC(=O)c3ccnn3C3CC3)C(C3CC3)C3CC3)ccc21)C1CC1. The summed E-state index contributed by atoms with van der Waals surface area (Å²) in [6.45, 7) is 1.44. The first-order valence-electron chi connectivity index (χ1n) is 15.7. The van der Waals surface area contributed by atoms with Crippen molar-refractivity contribution < 1.29 is 19.2 Å². The Kier molecular flexibility index (Phi) is 7.02. The number of fused-ring (bicyclic) bond motifs is 1. The van der Waals surface area contributed by atoms with Crippen molar-refractivity contribution in [1.82, 2.24) is 25.7 Å². The molecule has 0 saturated heterocycles. The van der Waals surface area contributed by atoms with Gasteiger partial charge in [0.1, 0.15) is 17.8 Å². The van der Waals surface area contributed by atoms with Gasteiger partial charge in [-0.2, -0.15) is 5.10 Å². The zero-order valence-electron chi connectivity index (χ0n) is 24.1. The van der Waals surface area contributed by atoms with Gasteiger partial charge in [0.05, 0.1) is 12.1 Å². The third kappa shape index (κ3) is 5.80. The molecule has 5 aliphatic rings. The molecule has 1 aromatic carbocycles. The third-order valence-electron chi connectivity index (χ3n) is 9.62. The summed E-state index contributed by atoms with van der Waals surface area (Å²) in [5.41, 5.74) is 3.36. The maximum Gasteiger partial charge on any atom is 0.270 e. The summed E-state index contributed by atoms with van der Waals surface area (Å²) in [4.78, 5) is 51.9. The first kappa shape index (κ1) is 27.2. The Hall–Kier alpha value is -3.69. The average molecular weight is 573 g/mol. The second kappa shape index (κ2) is 10.9. The van der Waals surface area contributed by atoms with Gasteiger partial charge < -0.3 is 21.3 Å². The summed E-state index contributed by atoms with van der Waals surface area (Å²) in [6, 6.07) is 6.68. The Labute approximate surface area is 245 Å². The molecule has 0 spiro atoms. The highest BCUT2D eigenvalue weighted by molar-refractivity contribution is 6.01. The number of hydrogen-bond donors (Lipinski definition) is 4. The summed E-state index contributed by atoms with van der Waals surface area (Å²) >= 11 is 0. The van der Waals surface area contributed by atoms with Gasteiger partial charge in [0.25, 0.3) is 5.91 Å². The Morgan fingerprint density at radius 1 is 0.857 bits per heavy atom. The second-order valence-electron chi connectivity index (χ2n) is 13.1. The van der Waals surface area contributed by atoms with Gasteiger partial charge in [0, 0.05) is 18.8 Å². The first-order chi connectivity index (χ1) is 20.4. The number of amides is 4. The third-order valence-corrected chi connectivity index (χ3v) is 9.62. The minimum absolute atomic E-state index is 0.121. The van der Waals surface area contributed by atoms with E-state index in [1.807, 2.05) is 18.2 Å². The van der Waals surface area contributed by atoms with Crippen molar-refractivity contribution in [2.75, 3.05) is 5.32 Å². The Balaban J connectivity index is 1.05. The molecule has 4 amide bonds. The summed E-state index contributed by atoms with van der Waals surface area (Å²) < 4.78 is 1.80. The van der Waals surface area contributed by atoms with Crippen LogP contribution in [0.5, 0.6) is 0 Å². The van der Waals surface area contributed by atoms with Crippen molar-refractivity contribution in [3.63, 3.8) is 0 Å². The lowest BCUT2D eigenvalue weighted by Crippen LogP contribution is -2.50. The topological polar surface area (TPSA) is 134 Å². The molecule has 1 aromatic heterocycles. The van der Waals surface area contributed by atoms with E-state index in [1.165, 1.54) is 6.92 Å². The van der Waals surface area contributed by atoms with Crippen molar-refractivity contribution in [3.8, 4) is 0 Å². The fourth-order valence-corrected chi connectivity index (χ4v) is 6.92. The zero-order valence-corrected chi connectivity index (χ0v) is 24.1. The molecule has 0 aliphatic heterocycles. The molecule has 222 valence electrons. The number of anilines is 1. The fraction of sp³-hybridized carbons (Fsp3) is 0.594. The molecular weight excluding hydrogens is 532 g/mol. The average Bonchev–Trinajstić information content (AvgIpc) is 3.76. The predicted octanol–water partition coefficient (Wildman–Crippen LogP) is 3.41. The Morgan fingerprint density at radius 3 is 2.21 bits per heavy atom. The number of rotatable bonds is 12. The van der Waals surface area contributed by atoms with Gasteiger partial charge in [-0.05, 0) is 117 Å². The van der Waals surface area contributed by atoms with Crippen LogP contribution in [-0.2, 0) is 20.8 Å². The van der Waals surface area contributed by atoms with Crippen LogP contribution in [0.4, 0.5) is 5.69 Å². The van der Waals surface area contributed by atoms with Crippen LogP contribution in [0.1, 0.15) is 98.4 Å². The molecule has 3 atom stereocenters. The number of hydrogen-bond acceptors (Lipinski definition) is 5. The number of carbonyl (C=O) groups excluding carboxylic acids is 4. The number of aryl methyl sites for hydroxylation is 1. The van der Waals surface area contributed by atoms with Crippen LogP contribution in [0.25, 0.3) is 0 Å². The standard InChI is InChI=1S/C32H40N6O4/c1-17(39)34-28(20-6-7-20)31(41)36-25-13-8-21-16-22(9-12-24(21)25)35-32(42)29(27(18-2-3-18)19-4-5-19)37-30(40)26-14-15-33-38(26)23-10-11-23/h9,12,14-16,18-20,23,25,27-29H,2-8,10-11,13H2,1H3,(H,34,39)(H,35,42)(H,36,41)(H,37,40)/t25-,28-,29+/m1/s1. The van der Waals surface area contributed by atoms with Crippen LogP contribution in [0.15, 0.2) is 30.5 Å². The summed E-state index contributed by atoms with van der Waals surface area (Å²) in [5, 5.41) is 16.6. The molecule has 5 aliphatic carbocycles. The van der Waals surface area contributed by atoms with Gasteiger partial charge in [0.2, 0.25) is 17.7 Å². The number of carbonyl (C=O) groups is 4. The van der Waals surface area contributed by atoms with Crippen molar-refractivity contribution >= 4 is 29.3 Å². The second-order valence-corrected chi connectivity index (χ2v) is 13.1. The van der Waals surface area contributed by atoms with Crippen molar-refractivity contribution in [3.05, 3.63) is 47.3 Å². The number of benzene rings is 1. The molecule has 0 bridgehead atoms. The van der Waals surface area contributed by atoms with E-state index in [-0.39, 0.29) is 47.5 Å². The molecule has 4 fully saturated rings. The van der Waals surface area contributed by atoms with Crippen molar-refractivity contribution in [2.24, 2.45) is 23.7 Å². The van der Waals surface area contributed by atoms with Gasteiger partial charge in [-0.15, -0.1) is 0 Å². The van der Waals surface area contributed by atoms with Crippen LogP contribution in [0.3, 0.4) is 0 Å². The van der Waals surface area contributed by atoms with Crippen molar-refractivity contribution in [2.45, 2.75) is 95.3 Å². The predicted molar refractivity (Wildman–Crippen MR) is 155 cm³/mol. The van der Waals surface area contributed by atoms with Crippen molar-refractivity contribution in [1.29, 1.82) is 0 Å². The molecule has 10 nitrogen and oxygen atoms in total. The minimum Gasteiger partial charge on any atom is -0.347 e. The lowest BCUT2D eigenvalue weighted by molar-refractivity contribution is -0.129. The van der Waals surface area contributed by atoms with E-state index >= 15 is 0 Å². The normalized spacial score (nSPS) is 22.7. The number of nitrogens with zero attached hydrogens (tertiary/aromatic N) is 2. The molecule has 7 rings (SSSR count). The van der Waals surface area contributed by atoms with Gasteiger partial charge in [-0.25, -0.2) is 0 Å². The van der Waals surface area contributed by atoms with E-state index in [2.05, 4.69) is 26.4 Å². The largest absolute Gasteiger partial charge is 0.347 e. The maximum atomic E-state index is 13.9. The highest BCUT2D eigenvalue weighted by Crippen LogP contribution is 2.51. The monoisotopic (exact) mass is 572 g/mol. The smallest absolute Gasteiger partial charge is 0.270 e. The number of aromatic nitrogens is 2. The minimum atomic E-state index is -0.603. The maximum absolute atomic E-state index is 13.9. The zero-order chi connectivity index (χ0) is 29.0. The van der Waals surface area contributed by atoms with Gasteiger partial charge in [-0.1, -0.05) is 6.07 Å². The summed E-state index contributed by atoms with van der Waals surface area (Å²) in [5.74, 6) is 0.579. The summed E-state index contributed by atoms with van der Waals surface area (Å²) in [6.07, 6.45) is 11.6. The lowest BCUT2D eigenvalue weighted by atomic mass is 9.88. The van der Waals surface area contributed by atoms with Gasteiger partial charge in [-0.3, -0.25) is 23.9 Å².